The number of ether oxygens (including phenoxy) is 2. The predicted octanol–water partition coefficient (Wildman–Crippen LogP) is 1.06. The molecule has 0 saturated carbocycles. The van der Waals surface area contributed by atoms with Gasteiger partial charge in [-0.2, -0.15) is 0 Å². The minimum absolute atomic E-state index is 0.0375. The molecule has 2 N–H and O–H groups in total. The summed E-state index contributed by atoms with van der Waals surface area (Å²) in [5.74, 6) is -0.574. The molecule has 1 saturated heterocycles. The Labute approximate surface area is 132 Å². The Morgan fingerprint density at radius 1 is 1.26 bits per heavy atom. The van der Waals surface area contributed by atoms with Crippen molar-refractivity contribution >= 4 is 11.9 Å². The second-order valence-corrected chi connectivity index (χ2v) is 4.95. The fourth-order valence-electron chi connectivity index (χ4n) is 2.15. The monoisotopic (exact) mass is 316 g/mol. The quantitative estimate of drug-likeness (QED) is 0.843. The van der Waals surface area contributed by atoms with Gasteiger partial charge in [0.2, 0.25) is 5.95 Å². The summed E-state index contributed by atoms with van der Waals surface area (Å²) in [7, 11) is 0. The maximum absolute atomic E-state index is 11.0. The Balaban J connectivity index is 1.71. The zero-order valence-electron chi connectivity index (χ0n) is 12.3. The number of nitrogens with one attached hydrogen (secondary N) is 1. The first-order valence-corrected chi connectivity index (χ1v) is 7.18. The molecule has 0 aromatic carbocycles. The van der Waals surface area contributed by atoms with Crippen molar-refractivity contribution in [2.75, 3.05) is 31.7 Å². The molecule has 3 heterocycles. The average molecular weight is 316 g/mol. The molecule has 8 nitrogen and oxygen atoms in total. The van der Waals surface area contributed by atoms with Crippen LogP contribution in [0.1, 0.15) is 10.4 Å². The number of hydrogen-bond acceptors (Lipinski definition) is 7. The molecule has 120 valence electrons. The van der Waals surface area contributed by atoms with Gasteiger partial charge in [0.05, 0.1) is 42.9 Å². The molecule has 0 radical (unpaired) electrons. The highest BCUT2D eigenvalue weighted by molar-refractivity contribution is 5.88. The van der Waals surface area contributed by atoms with E-state index in [1.54, 1.807) is 12.3 Å². The van der Waals surface area contributed by atoms with Gasteiger partial charge in [0.1, 0.15) is 0 Å². The number of carboxylic acids is 1. The molecule has 0 aliphatic carbocycles. The van der Waals surface area contributed by atoms with Crippen molar-refractivity contribution < 1.29 is 19.4 Å². The third-order valence-corrected chi connectivity index (χ3v) is 3.30. The Morgan fingerprint density at radius 2 is 2.13 bits per heavy atom. The van der Waals surface area contributed by atoms with Crippen molar-refractivity contribution in [1.29, 1.82) is 0 Å². The van der Waals surface area contributed by atoms with Crippen molar-refractivity contribution in [3.8, 4) is 11.4 Å². The Hall–Kier alpha value is -2.58. The number of aromatic nitrogens is 3. The van der Waals surface area contributed by atoms with Gasteiger partial charge in [-0.15, -0.1) is 0 Å². The van der Waals surface area contributed by atoms with E-state index in [1.165, 1.54) is 18.3 Å². The van der Waals surface area contributed by atoms with Gasteiger partial charge in [0.15, 0.2) is 0 Å². The Morgan fingerprint density at radius 3 is 2.91 bits per heavy atom. The fraction of sp³-hybridized carbons (Fsp3) is 0.333. The van der Waals surface area contributed by atoms with Crippen molar-refractivity contribution in [2.45, 2.75) is 6.10 Å². The van der Waals surface area contributed by atoms with Gasteiger partial charge < -0.3 is 19.9 Å². The van der Waals surface area contributed by atoms with Crippen molar-refractivity contribution in [3.05, 3.63) is 36.2 Å². The summed E-state index contributed by atoms with van der Waals surface area (Å²) in [6.45, 7) is 2.27. The second kappa shape index (κ2) is 7.12. The fourth-order valence-corrected chi connectivity index (χ4v) is 2.15. The van der Waals surface area contributed by atoms with Crippen LogP contribution in [0, 0.1) is 0 Å². The van der Waals surface area contributed by atoms with E-state index in [0.29, 0.717) is 43.7 Å². The van der Waals surface area contributed by atoms with Crippen LogP contribution in [0.5, 0.6) is 0 Å². The van der Waals surface area contributed by atoms with Crippen molar-refractivity contribution in [1.82, 2.24) is 15.0 Å². The van der Waals surface area contributed by atoms with E-state index in [0.717, 1.165) is 0 Å². The molecule has 0 spiro atoms. The topological polar surface area (TPSA) is 106 Å². The van der Waals surface area contributed by atoms with E-state index in [4.69, 9.17) is 14.6 Å². The van der Waals surface area contributed by atoms with Gasteiger partial charge in [-0.25, -0.2) is 14.8 Å². The highest BCUT2D eigenvalue weighted by Crippen LogP contribution is 2.16. The lowest BCUT2D eigenvalue weighted by Crippen LogP contribution is -2.34. The van der Waals surface area contributed by atoms with E-state index >= 15 is 0 Å². The maximum atomic E-state index is 11.0. The lowest BCUT2D eigenvalue weighted by atomic mass is 10.2. The van der Waals surface area contributed by atoms with E-state index in [1.807, 2.05) is 0 Å². The van der Waals surface area contributed by atoms with Crippen LogP contribution in [0.4, 0.5) is 5.95 Å². The van der Waals surface area contributed by atoms with Crippen LogP contribution in [0.2, 0.25) is 0 Å². The molecule has 3 rings (SSSR count). The van der Waals surface area contributed by atoms with E-state index < -0.39 is 5.97 Å². The molecular formula is C15H16N4O4. The molecule has 0 unspecified atom stereocenters. The summed E-state index contributed by atoms with van der Waals surface area (Å²) in [6, 6.07) is 4.60. The summed E-state index contributed by atoms with van der Waals surface area (Å²) >= 11 is 0. The molecule has 1 fully saturated rings. The lowest BCUT2D eigenvalue weighted by Gasteiger charge is -2.23. The smallest absolute Gasteiger partial charge is 0.335 e. The predicted molar refractivity (Wildman–Crippen MR) is 81.3 cm³/mol. The van der Waals surface area contributed by atoms with Crippen LogP contribution >= 0.6 is 0 Å². The van der Waals surface area contributed by atoms with Gasteiger partial charge in [0.25, 0.3) is 0 Å². The van der Waals surface area contributed by atoms with Crippen LogP contribution in [0.15, 0.2) is 30.6 Å². The molecule has 1 aliphatic heterocycles. The summed E-state index contributed by atoms with van der Waals surface area (Å²) in [6.07, 6.45) is 3.00. The Kier molecular flexibility index (Phi) is 4.74. The number of carboxylic acid groups (broad SMARTS) is 1. The molecule has 2 aromatic rings. The highest BCUT2D eigenvalue weighted by Gasteiger charge is 2.14. The van der Waals surface area contributed by atoms with Crippen molar-refractivity contribution in [3.63, 3.8) is 0 Å². The zero-order chi connectivity index (χ0) is 16.1. The molecular weight excluding hydrogens is 300 g/mol. The van der Waals surface area contributed by atoms with Gasteiger partial charge in [-0.3, -0.25) is 4.98 Å². The highest BCUT2D eigenvalue weighted by atomic mass is 16.6. The van der Waals surface area contributed by atoms with Crippen LogP contribution in [0.25, 0.3) is 11.4 Å². The van der Waals surface area contributed by atoms with Crippen LogP contribution in [0.3, 0.4) is 0 Å². The molecule has 2 aromatic heterocycles. The van der Waals surface area contributed by atoms with Crippen LogP contribution < -0.4 is 5.32 Å². The lowest BCUT2D eigenvalue weighted by molar-refractivity contribution is -0.0819. The molecule has 23 heavy (non-hydrogen) atoms. The zero-order valence-corrected chi connectivity index (χ0v) is 12.3. The third-order valence-electron chi connectivity index (χ3n) is 3.30. The number of carbonyl (C=O) groups is 1. The Bertz CT molecular complexity index is 689. The van der Waals surface area contributed by atoms with E-state index in [-0.39, 0.29) is 11.7 Å². The summed E-state index contributed by atoms with van der Waals surface area (Å²) < 4.78 is 10.9. The van der Waals surface area contributed by atoms with Crippen molar-refractivity contribution in [2.24, 2.45) is 0 Å². The number of aromatic carboxylic acids is 1. The van der Waals surface area contributed by atoms with Gasteiger partial charge in [-0.1, -0.05) is 0 Å². The second-order valence-electron chi connectivity index (χ2n) is 4.95. The molecule has 0 bridgehead atoms. The van der Waals surface area contributed by atoms with E-state index in [2.05, 4.69) is 20.3 Å². The van der Waals surface area contributed by atoms with Gasteiger partial charge in [-0.05, 0) is 18.2 Å². The maximum Gasteiger partial charge on any atom is 0.335 e. The SMILES string of the molecule is O=C(O)c1ccnc(-c2ccnc(NC[C@H]3COCCO3)n2)c1. The molecule has 0 amide bonds. The van der Waals surface area contributed by atoms with Gasteiger partial charge >= 0.3 is 5.97 Å². The molecule has 1 atom stereocenters. The first-order chi connectivity index (χ1) is 11.2. The minimum atomic E-state index is -1.00. The molecule has 1 aliphatic rings. The number of rotatable bonds is 5. The first-order valence-electron chi connectivity index (χ1n) is 7.18. The standard InChI is InChI=1S/C15H16N4O4/c20-14(21)10-1-3-16-13(7-10)12-2-4-17-15(19-12)18-8-11-9-22-5-6-23-11/h1-4,7,11H,5-6,8-9H2,(H,20,21)(H,17,18,19)/t11-/m0/s1. The number of nitrogens with zero attached hydrogens (tertiary/aromatic N) is 3. The number of hydrogen-bond donors (Lipinski definition) is 2. The van der Waals surface area contributed by atoms with Crippen LogP contribution in [-0.2, 0) is 9.47 Å². The normalized spacial score (nSPS) is 17.7. The molecule has 8 heteroatoms. The summed E-state index contributed by atoms with van der Waals surface area (Å²) in [5.41, 5.74) is 1.19. The van der Waals surface area contributed by atoms with Crippen LogP contribution in [-0.4, -0.2) is 58.5 Å². The van der Waals surface area contributed by atoms with Gasteiger partial charge in [0, 0.05) is 18.9 Å². The minimum Gasteiger partial charge on any atom is -0.478 e. The number of anilines is 1. The largest absolute Gasteiger partial charge is 0.478 e. The summed E-state index contributed by atoms with van der Waals surface area (Å²) in [4.78, 5) is 23.7. The van der Waals surface area contributed by atoms with E-state index in [9.17, 15) is 4.79 Å². The first kappa shape index (κ1) is 15.3. The number of pyridine rings is 1. The summed E-state index contributed by atoms with van der Waals surface area (Å²) in [5, 5.41) is 12.1. The average Bonchev–Trinajstić information content (AvgIpc) is 2.61. The third kappa shape index (κ3) is 3.99.